The lowest BCUT2D eigenvalue weighted by Crippen LogP contribution is -2.57. The zero-order valence-corrected chi connectivity index (χ0v) is 30.7. The van der Waals surface area contributed by atoms with Crippen molar-refractivity contribution in [3.05, 3.63) is 64.7 Å². The highest BCUT2D eigenvalue weighted by atomic mass is 35.5. The molecular formula is C38H52ClN5O6. The maximum Gasteiger partial charge on any atom is 0.245 e. The molecule has 2 aromatic carbocycles. The van der Waals surface area contributed by atoms with Crippen LogP contribution in [-0.2, 0) is 35.8 Å². The van der Waals surface area contributed by atoms with Crippen molar-refractivity contribution in [1.29, 1.82) is 0 Å². The van der Waals surface area contributed by atoms with Crippen LogP contribution < -0.4 is 20.7 Å². The number of benzene rings is 2. The molecule has 1 saturated heterocycles. The molecule has 1 aliphatic heterocycles. The Hall–Kier alpha value is -4.12. The molecule has 4 rings (SSSR count). The van der Waals surface area contributed by atoms with Gasteiger partial charge in [-0.3, -0.25) is 24.0 Å². The second-order valence-corrected chi connectivity index (χ2v) is 14.4. The SMILES string of the molecule is COc1ccc(C[C@@H]2NC(=O)[C@@H](CC(C)C)NC(=O)CCCN(C(=O)C3(c4ccc(Cl)cc4)CCC3)CCCNC(=O)[C@H](C)N(C)C2=O)cc1. The summed E-state index contributed by atoms with van der Waals surface area (Å²) in [6, 6.07) is 11.9. The van der Waals surface area contributed by atoms with Gasteiger partial charge in [0.15, 0.2) is 0 Å². The fourth-order valence-electron chi connectivity index (χ4n) is 6.65. The van der Waals surface area contributed by atoms with Crippen LogP contribution in [0.25, 0.3) is 0 Å². The molecule has 2 fully saturated rings. The first kappa shape index (κ1) is 38.7. The van der Waals surface area contributed by atoms with E-state index in [4.69, 9.17) is 16.3 Å². The lowest BCUT2D eigenvalue weighted by atomic mass is 9.63. The summed E-state index contributed by atoms with van der Waals surface area (Å²) in [5.41, 5.74) is 1.08. The van der Waals surface area contributed by atoms with Gasteiger partial charge < -0.3 is 30.5 Å². The van der Waals surface area contributed by atoms with Crippen LogP contribution in [0.3, 0.4) is 0 Å². The zero-order valence-electron chi connectivity index (χ0n) is 29.9. The summed E-state index contributed by atoms with van der Waals surface area (Å²) in [6.45, 7) is 6.60. The Kier molecular flexibility index (Phi) is 13.7. The molecule has 0 radical (unpaired) electrons. The van der Waals surface area contributed by atoms with Gasteiger partial charge in [-0.25, -0.2) is 0 Å². The van der Waals surface area contributed by atoms with Gasteiger partial charge in [0.1, 0.15) is 23.9 Å². The van der Waals surface area contributed by atoms with E-state index < -0.39 is 35.4 Å². The molecule has 3 N–H and O–H groups in total. The van der Waals surface area contributed by atoms with Crippen LogP contribution >= 0.6 is 11.6 Å². The third-order valence-electron chi connectivity index (χ3n) is 9.92. The Balaban J connectivity index is 1.57. The number of hydrogen-bond acceptors (Lipinski definition) is 6. The highest BCUT2D eigenvalue weighted by Gasteiger charge is 2.47. The number of rotatable bonds is 7. The molecule has 2 aromatic rings. The molecule has 1 aliphatic carbocycles. The second-order valence-electron chi connectivity index (χ2n) is 14.0. The molecule has 0 unspecified atom stereocenters. The summed E-state index contributed by atoms with van der Waals surface area (Å²) in [4.78, 5) is 71.6. The molecule has 11 nitrogen and oxygen atoms in total. The van der Waals surface area contributed by atoms with Crippen molar-refractivity contribution in [2.75, 3.05) is 33.8 Å². The third kappa shape index (κ3) is 9.77. The summed E-state index contributed by atoms with van der Waals surface area (Å²) in [7, 11) is 3.11. The van der Waals surface area contributed by atoms with E-state index in [-0.39, 0.29) is 36.5 Å². The highest BCUT2D eigenvalue weighted by molar-refractivity contribution is 6.30. The van der Waals surface area contributed by atoms with Crippen molar-refractivity contribution in [2.45, 2.75) is 95.7 Å². The highest BCUT2D eigenvalue weighted by Crippen LogP contribution is 2.45. The van der Waals surface area contributed by atoms with Gasteiger partial charge in [-0.2, -0.15) is 0 Å². The van der Waals surface area contributed by atoms with E-state index in [9.17, 15) is 24.0 Å². The fourth-order valence-corrected chi connectivity index (χ4v) is 6.78. The number of carbonyl (C=O) groups excluding carboxylic acids is 5. The standard InChI is InChI=1S/C38H52ClN5O6/c1-25(2)23-31-35(47)42-32(24-27-10-16-30(50-5)17-11-27)36(48)43(4)26(3)34(46)40-20-8-22-44(21-6-9-33(45)41-31)37(49)38(18-7-19-38)28-12-14-29(39)15-13-28/h10-17,25-26,31-32H,6-9,18-24H2,1-5H3,(H,40,46)(H,41,45)(H,42,47)/t26-,31+,32-/m0/s1. The summed E-state index contributed by atoms with van der Waals surface area (Å²) in [5, 5.41) is 9.32. The molecule has 50 heavy (non-hydrogen) atoms. The summed E-state index contributed by atoms with van der Waals surface area (Å²) < 4.78 is 5.26. The number of nitrogens with zero attached hydrogens (tertiary/aromatic N) is 2. The van der Waals surface area contributed by atoms with E-state index in [1.165, 1.54) is 4.90 Å². The number of methoxy groups -OCH3 is 1. The van der Waals surface area contributed by atoms with Crippen LogP contribution in [0.1, 0.15) is 76.8 Å². The Morgan fingerprint density at radius 1 is 0.920 bits per heavy atom. The van der Waals surface area contributed by atoms with Gasteiger partial charge in [-0.15, -0.1) is 0 Å². The van der Waals surface area contributed by atoms with Gasteiger partial charge in [0, 0.05) is 44.5 Å². The second kappa shape index (κ2) is 17.7. The van der Waals surface area contributed by atoms with Gasteiger partial charge in [0.05, 0.1) is 12.5 Å². The Morgan fingerprint density at radius 3 is 2.18 bits per heavy atom. The molecule has 0 bridgehead atoms. The number of nitrogens with one attached hydrogen (secondary N) is 3. The number of ether oxygens (including phenoxy) is 1. The maximum absolute atomic E-state index is 14.2. The minimum Gasteiger partial charge on any atom is -0.497 e. The molecule has 2 aliphatic rings. The monoisotopic (exact) mass is 709 g/mol. The Bertz CT molecular complexity index is 1490. The molecule has 3 atom stereocenters. The van der Waals surface area contributed by atoms with E-state index in [0.29, 0.717) is 49.7 Å². The minimum absolute atomic E-state index is 0.00544. The van der Waals surface area contributed by atoms with Gasteiger partial charge >= 0.3 is 0 Å². The van der Waals surface area contributed by atoms with E-state index in [1.807, 2.05) is 38.1 Å². The summed E-state index contributed by atoms with van der Waals surface area (Å²) >= 11 is 6.15. The third-order valence-corrected chi connectivity index (χ3v) is 10.2. The van der Waals surface area contributed by atoms with Gasteiger partial charge in [0.25, 0.3) is 0 Å². The zero-order chi connectivity index (χ0) is 36.4. The Labute approximate surface area is 300 Å². The average molecular weight is 710 g/mol. The number of hydrogen-bond donors (Lipinski definition) is 3. The number of carbonyl (C=O) groups is 5. The van der Waals surface area contributed by atoms with Crippen LogP contribution in [0, 0.1) is 5.92 Å². The first-order valence-electron chi connectivity index (χ1n) is 17.7. The summed E-state index contributed by atoms with van der Waals surface area (Å²) in [6.07, 6.45) is 3.94. The van der Waals surface area contributed by atoms with Crippen molar-refractivity contribution in [3.8, 4) is 5.75 Å². The van der Waals surface area contributed by atoms with E-state index in [2.05, 4.69) is 16.0 Å². The number of halogens is 1. The van der Waals surface area contributed by atoms with Crippen molar-refractivity contribution in [1.82, 2.24) is 25.8 Å². The predicted molar refractivity (Wildman–Crippen MR) is 193 cm³/mol. The maximum atomic E-state index is 14.2. The molecule has 5 amide bonds. The van der Waals surface area contributed by atoms with Crippen molar-refractivity contribution < 1.29 is 28.7 Å². The quantitative estimate of drug-likeness (QED) is 0.398. The van der Waals surface area contributed by atoms with Gasteiger partial charge in [0.2, 0.25) is 29.5 Å². The van der Waals surface area contributed by atoms with Crippen molar-refractivity contribution in [3.63, 3.8) is 0 Å². The predicted octanol–water partition coefficient (Wildman–Crippen LogP) is 4.00. The largest absolute Gasteiger partial charge is 0.497 e. The van der Waals surface area contributed by atoms with Gasteiger partial charge in [-0.05, 0) is 80.3 Å². The van der Waals surface area contributed by atoms with Crippen molar-refractivity contribution in [2.24, 2.45) is 5.92 Å². The lowest BCUT2D eigenvalue weighted by molar-refractivity contribution is -0.142. The van der Waals surface area contributed by atoms with E-state index in [0.717, 1.165) is 30.4 Å². The van der Waals surface area contributed by atoms with Crippen LogP contribution in [0.4, 0.5) is 0 Å². The average Bonchev–Trinajstić information content (AvgIpc) is 3.07. The molecule has 12 heteroatoms. The van der Waals surface area contributed by atoms with Crippen LogP contribution in [0.5, 0.6) is 5.75 Å². The van der Waals surface area contributed by atoms with Crippen LogP contribution in [0.2, 0.25) is 5.02 Å². The first-order valence-corrected chi connectivity index (χ1v) is 18.0. The lowest BCUT2D eigenvalue weighted by Gasteiger charge is -2.44. The molecular weight excluding hydrogens is 658 g/mol. The summed E-state index contributed by atoms with van der Waals surface area (Å²) in [5.74, 6) is -0.805. The fraction of sp³-hybridized carbons (Fsp3) is 0.553. The number of likely N-dealkylation sites (N-methyl/N-ethyl adjacent to an activating group) is 1. The molecule has 0 spiro atoms. The molecule has 1 saturated carbocycles. The minimum atomic E-state index is -0.986. The first-order chi connectivity index (χ1) is 23.8. The van der Waals surface area contributed by atoms with E-state index in [1.54, 1.807) is 50.2 Å². The smallest absolute Gasteiger partial charge is 0.245 e. The van der Waals surface area contributed by atoms with Crippen LogP contribution in [-0.4, -0.2) is 91.3 Å². The van der Waals surface area contributed by atoms with Gasteiger partial charge in [-0.1, -0.05) is 56.1 Å². The molecule has 1 heterocycles. The van der Waals surface area contributed by atoms with Crippen LogP contribution in [0.15, 0.2) is 48.5 Å². The topological polar surface area (TPSA) is 137 Å². The number of amides is 5. The normalized spacial score (nSPS) is 22.8. The van der Waals surface area contributed by atoms with Crippen molar-refractivity contribution >= 4 is 41.1 Å². The molecule has 272 valence electrons. The van der Waals surface area contributed by atoms with E-state index >= 15 is 0 Å². The Morgan fingerprint density at radius 2 is 1.58 bits per heavy atom. The molecule has 0 aromatic heterocycles.